The number of likely N-dealkylation sites (tertiary alicyclic amines) is 1. The molecule has 2 aromatic heterocycles. The van der Waals surface area contributed by atoms with E-state index >= 15 is 0 Å². The molecule has 0 bridgehead atoms. The van der Waals surface area contributed by atoms with Crippen molar-refractivity contribution in [3.63, 3.8) is 0 Å². The maximum atomic E-state index is 11.3. The summed E-state index contributed by atoms with van der Waals surface area (Å²) < 4.78 is 5.42. The van der Waals surface area contributed by atoms with Crippen molar-refractivity contribution in [2.24, 2.45) is 11.8 Å². The minimum Gasteiger partial charge on any atom is -0.497 e. The molecule has 36 heavy (non-hydrogen) atoms. The second-order valence-electron chi connectivity index (χ2n) is 10.1. The number of carboxylic acids is 1. The quantitative estimate of drug-likeness (QED) is 0.307. The molecule has 0 aliphatic carbocycles. The van der Waals surface area contributed by atoms with Crippen LogP contribution in [0.2, 0.25) is 0 Å². The van der Waals surface area contributed by atoms with Gasteiger partial charge >= 0.3 is 5.97 Å². The minimum absolute atomic E-state index is 0.267. The van der Waals surface area contributed by atoms with Crippen LogP contribution in [0.25, 0.3) is 10.9 Å². The number of pyridine rings is 2. The molecule has 6 nitrogen and oxygen atoms in total. The summed E-state index contributed by atoms with van der Waals surface area (Å²) in [6.07, 6.45) is 12.5. The zero-order valence-corrected chi connectivity index (χ0v) is 21.4. The second kappa shape index (κ2) is 13.4. The van der Waals surface area contributed by atoms with E-state index in [1.807, 2.05) is 36.7 Å². The summed E-state index contributed by atoms with van der Waals surface area (Å²) in [4.78, 5) is 22.8. The van der Waals surface area contributed by atoms with Crippen LogP contribution >= 0.6 is 0 Å². The number of benzene rings is 1. The van der Waals surface area contributed by atoms with E-state index < -0.39 is 5.97 Å². The van der Waals surface area contributed by atoms with Crippen LogP contribution in [0, 0.1) is 11.8 Å². The lowest BCUT2D eigenvalue weighted by Gasteiger charge is -2.39. The third-order valence-electron chi connectivity index (χ3n) is 7.65. The molecule has 0 saturated carbocycles. The van der Waals surface area contributed by atoms with Crippen LogP contribution in [-0.4, -0.2) is 52.7 Å². The number of hydrogen-bond acceptors (Lipinski definition) is 5. The third kappa shape index (κ3) is 7.50. The molecular formula is C30H39N3O3. The van der Waals surface area contributed by atoms with Gasteiger partial charge in [-0.1, -0.05) is 6.07 Å². The molecule has 1 saturated heterocycles. The maximum absolute atomic E-state index is 11.3. The number of nitrogens with zero attached hydrogens (tertiary/aromatic N) is 3. The first kappa shape index (κ1) is 26.1. The number of aromatic nitrogens is 2. The number of carboxylic acid groups (broad SMARTS) is 1. The van der Waals surface area contributed by atoms with E-state index in [9.17, 15) is 9.90 Å². The predicted octanol–water partition coefficient (Wildman–Crippen LogP) is 5.79. The molecule has 2 atom stereocenters. The highest BCUT2D eigenvalue weighted by Crippen LogP contribution is 2.32. The molecule has 1 aromatic carbocycles. The number of piperidine rings is 1. The van der Waals surface area contributed by atoms with Crippen molar-refractivity contribution in [3.8, 4) is 5.75 Å². The van der Waals surface area contributed by atoms with Gasteiger partial charge in [0, 0.05) is 36.4 Å². The Morgan fingerprint density at radius 3 is 2.75 bits per heavy atom. The first-order valence-electron chi connectivity index (χ1n) is 13.4. The topological polar surface area (TPSA) is 75.5 Å². The fourth-order valence-corrected chi connectivity index (χ4v) is 5.64. The number of methoxy groups -OCH3 is 1. The minimum atomic E-state index is -0.682. The molecular weight excluding hydrogens is 450 g/mol. The Balaban J connectivity index is 1.28. The highest BCUT2D eigenvalue weighted by molar-refractivity contribution is 5.83. The SMILES string of the molecule is COc1ccc2nccc(CCCC3CCN(CCCCc4ccccn4)CC3CCC(=O)O)c2c1. The Morgan fingerprint density at radius 1 is 1.03 bits per heavy atom. The van der Waals surface area contributed by atoms with Crippen molar-refractivity contribution in [3.05, 3.63) is 66.1 Å². The van der Waals surface area contributed by atoms with Crippen LogP contribution in [0.15, 0.2) is 54.9 Å². The van der Waals surface area contributed by atoms with Gasteiger partial charge < -0.3 is 14.7 Å². The molecule has 4 rings (SSSR count). The van der Waals surface area contributed by atoms with Crippen molar-refractivity contribution in [2.75, 3.05) is 26.7 Å². The number of rotatable bonds is 13. The van der Waals surface area contributed by atoms with Crippen LogP contribution in [0.1, 0.15) is 56.2 Å². The van der Waals surface area contributed by atoms with E-state index in [-0.39, 0.29) is 6.42 Å². The van der Waals surface area contributed by atoms with Crippen LogP contribution < -0.4 is 4.74 Å². The van der Waals surface area contributed by atoms with E-state index in [1.165, 1.54) is 10.9 Å². The number of ether oxygens (including phenoxy) is 1. The van der Waals surface area contributed by atoms with Crippen molar-refractivity contribution in [1.82, 2.24) is 14.9 Å². The number of carbonyl (C=O) groups is 1. The average Bonchev–Trinajstić information content (AvgIpc) is 2.91. The summed E-state index contributed by atoms with van der Waals surface area (Å²) in [6.45, 7) is 3.23. The highest BCUT2D eigenvalue weighted by Gasteiger charge is 2.29. The normalized spacial score (nSPS) is 18.4. The first-order chi connectivity index (χ1) is 17.6. The van der Waals surface area contributed by atoms with Crippen molar-refractivity contribution < 1.29 is 14.6 Å². The molecule has 1 N–H and O–H groups in total. The van der Waals surface area contributed by atoms with E-state index in [4.69, 9.17) is 4.74 Å². The smallest absolute Gasteiger partial charge is 0.303 e. The molecule has 192 valence electrons. The molecule has 1 fully saturated rings. The molecule has 1 aliphatic rings. The van der Waals surface area contributed by atoms with Crippen LogP contribution in [0.5, 0.6) is 5.75 Å². The summed E-state index contributed by atoms with van der Waals surface area (Å²) in [5.74, 6) is 1.23. The third-order valence-corrected chi connectivity index (χ3v) is 7.65. The Hall–Kier alpha value is -2.99. The summed E-state index contributed by atoms with van der Waals surface area (Å²) in [5.41, 5.74) is 3.48. The van der Waals surface area contributed by atoms with Crippen molar-refractivity contribution in [1.29, 1.82) is 0 Å². The zero-order valence-electron chi connectivity index (χ0n) is 21.4. The number of fused-ring (bicyclic) bond motifs is 1. The summed E-state index contributed by atoms with van der Waals surface area (Å²) in [5, 5.41) is 10.5. The van der Waals surface area contributed by atoms with Gasteiger partial charge in [0.15, 0.2) is 0 Å². The van der Waals surface area contributed by atoms with E-state index in [0.717, 1.165) is 88.0 Å². The fourth-order valence-electron chi connectivity index (χ4n) is 5.64. The summed E-state index contributed by atoms with van der Waals surface area (Å²) >= 11 is 0. The standard InChI is InChI=1S/C30H39N3O3/c1-36-27-12-13-29-28(21-27)24(15-18-32-29)8-6-7-23-16-20-33(22-25(23)11-14-30(34)35)19-5-3-10-26-9-2-4-17-31-26/h2,4,9,12-13,15,17-18,21,23,25H,3,5-8,10-11,14,16,19-20,22H2,1H3,(H,34,35). The van der Waals surface area contributed by atoms with Crippen LogP contribution in [-0.2, 0) is 17.6 Å². The van der Waals surface area contributed by atoms with Gasteiger partial charge in [-0.05, 0) is 118 Å². The lowest BCUT2D eigenvalue weighted by Crippen LogP contribution is -2.41. The molecule has 0 amide bonds. The van der Waals surface area contributed by atoms with E-state index in [2.05, 4.69) is 33.1 Å². The van der Waals surface area contributed by atoms with Crippen LogP contribution in [0.3, 0.4) is 0 Å². The Labute approximate surface area is 214 Å². The molecule has 0 radical (unpaired) electrons. The second-order valence-corrected chi connectivity index (χ2v) is 10.1. The molecule has 3 heterocycles. The number of aryl methyl sites for hydroxylation is 2. The molecule has 2 unspecified atom stereocenters. The maximum Gasteiger partial charge on any atom is 0.303 e. The Bertz CT molecular complexity index is 1110. The summed E-state index contributed by atoms with van der Waals surface area (Å²) in [6, 6.07) is 14.3. The lowest BCUT2D eigenvalue weighted by atomic mass is 9.79. The van der Waals surface area contributed by atoms with E-state index in [1.54, 1.807) is 7.11 Å². The van der Waals surface area contributed by atoms with Gasteiger partial charge in [-0.25, -0.2) is 0 Å². The number of unbranched alkanes of at least 4 members (excludes halogenated alkanes) is 1. The lowest BCUT2D eigenvalue weighted by molar-refractivity contribution is -0.137. The van der Waals surface area contributed by atoms with Gasteiger partial charge in [0.05, 0.1) is 12.6 Å². The average molecular weight is 490 g/mol. The number of hydrogen-bond donors (Lipinski definition) is 1. The first-order valence-corrected chi connectivity index (χ1v) is 13.4. The zero-order chi connectivity index (χ0) is 25.2. The van der Waals surface area contributed by atoms with E-state index in [0.29, 0.717) is 11.8 Å². The van der Waals surface area contributed by atoms with Gasteiger partial charge in [0.25, 0.3) is 0 Å². The Kier molecular flexibility index (Phi) is 9.68. The summed E-state index contributed by atoms with van der Waals surface area (Å²) in [7, 11) is 1.70. The molecule has 3 aromatic rings. The Morgan fingerprint density at radius 2 is 1.94 bits per heavy atom. The predicted molar refractivity (Wildman–Crippen MR) is 143 cm³/mol. The number of aliphatic carboxylic acids is 1. The molecule has 6 heteroatoms. The highest BCUT2D eigenvalue weighted by atomic mass is 16.5. The van der Waals surface area contributed by atoms with Crippen molar-refractivity contribution >= 4 is 16.9 Å². The van der Waals surface area contributed by atoms with Gasteiger partial charge in [-0.15, -0.1) is 0 Å². The van der Waals surface area contributed by atoms with Crippen molar-refractivity contribution in [2.45, 2.75) is 57.8 Å². The fraction of sp³-hybridized carbons (Fsp3) is 0.500. The van der Waals surface area contributed by atoms with Crippen LogP contribution in [0.4, 0.5) is 0 Å². The van der Waals surface area contributed by atoms with Gasteiger partial charge in [0.1, 0.15) is 5.75 Å². The largest absolute Gasteiger partial charge is 0.497 e. The van der Waals surface area contributed by atoms with Gasteiger partial charge in [-0.2, -0.15) is 0 Å². The molecule has 0 spiro atoms. The van der Waals surface area contributed by atoms with Gasteiger partial charge in [0.2, 0.25) is 0 Å². The molecule has 1 aliphatic heterocycles. The monoisotopic (exact) mass is 489 g/mol. The van der Waals surface area contributed by atoms with Gasteiger partial charge in [-0.3, -0.25) is 14.8 Å².